The molecule has 19 heavy (non-hydrogen) atoms. The molecule has 0 radical (unpaired) electrons. The summed E-state index contributed by atoms with van der Waals surface area (Å²) in [6.07, 6.45) is 0.183. The molecule has 0 aromatic heterocycles. The van der Waals surface area contributed by atoms with E-state index in [-0.39, 0.29) is 12.4 Å². The minimum Gasteiger partial charge on any atom is -0.497 e. The maximum atomic E-state index is 11.8. The van der Waals surface area contributed by atoms with E-state index in [2.05, 4.69) is 0 Å². The lowest BCUT2D eigenvalue weighted by Crippen LogP contribution is -2.11. The molecule has 0 unspecified atom stereocenters. The highest BCUT2D eigenvalue weighted by atomic mass is 16.5. The third-order valence-electron chi connectivity index (χ3n) is 2.57. The molecule has 0 spiro atoms. The quantitative estimate of drug-likeness (QED) is 0.519. The Balaban J connectivity index is 2.01. The van der Waals surface area contributed by atoms with Gasteiger partial charge >= 0.3 is 5.97 Å². The summed E-state index contributed by atoms with van der Waals surface area (Å²) < 4.78 is 10.3. The summed E-state index contributed by atoms with van der Waals surface area (Å²) in [5.41, 5.74) is 7.11. The molecule has 0 saturated heterocycles. The van der Waals surface area contributed by atoms with Gasteiger partial charge in [0.15, 0.2) is 0 Å². The third kappa shape index (κ3) is 3.74. The fraction of sp³-hybridized carbons (Fsp3) is 0.133. The number of hydrogen-bond donors (Lipinski definition) is 1. The highest BCUT2D eigenvalue weighted by Crippen LogP contribution is 2.19. The van der Waals surface area contributed by atoms with Gasteiger partial charge in [0.25, 0.3) is 0 Å². The topological polar surface area (TPSA) is 61.5 Å². The zero-order valence-corrected chi connectivity index (χ0v) is 10.6. The number of esters is 1. The van der Waals surface area contributed by atoms with Crippen molar-refractivity contribution in [3.8, 4) is 11.5 Å². The lowest BCUT2D eigenvalue weighted by atomic mass is 10.1. The Morgan fingerprint density at radius 1 is 1.11 bits per heavy atom. The van der Waals surface area contributed by atoms with E-state index in [0.717, 1.165) is 5.56 Å². The fourth-order valence-electron chi connectivity index (χ4n) is 1.70. The Morgan fingerprint density at radius 3 is 2.58 bits per heavy atom. The molecule has 0 fully saturated rings. The number of rotatable bonds is 4. The maximum absolute atomic E-state index is 11.8. The van der Waals surface area contributed by atoms with Crippen molar-refractivity contribution in [3.05, 3.63) is 54.1 Å². The van der Waals surface area contributed by atoms with E-state index in [4.69, 9.17) is 15.2 Å². The second-order valence-electron chi connectivity index (χ2n) is 4.07. The fourth-order valence-corrected chi connectivity index (χ4v) is 1.70. The van der Waals surface area contributed by atoms with Crippen LogP contribution in [0.2, 0.25) is 0 Å². The molecule has 0 atom stereocenters. The molecule has 2 aromatic rings. The van der Waals surface area contributed by atoms with E-state index >= 15 is 0 Å². The van der Waals surface area contributed by atoms with Gasteiger partial charge in [0.1, 0.15) is 11.5 Å². The summed E-state index contributed by atoms with van der Waals surface area (Å²) >= 11 is 0. The molecule has 0 bridgehead atoms. The molecule has 0 aliphatic carbocycles. The molecule has 0 saturated carbocycles. The van der Waals surface area contributed by atoms with Gasteiger partial charge in [-0.05, 0) is 29.8 Å². The van der Waals surface area contributed by atoms with Gasteiger partial charge in [-0.15, -0.1) is 0 Å². The van der Waals surface area contributed by atoms with Crippen molar-refractivity contribution < 1.29 is 14.3 Å². The average Bonchev–Trinajstić information content (AvgIpc) is 2.38. The van der Waals surface area contributed by atoms with Crippen LogP contribution in [0.5, 0.6) is 11.5 Å². The van der Waals surface area contributed by atoms with Crippen LogP contribution in [0, 0.1) is 0 Å². The van der Waals surface area contributed by atoms with Crippen molar-refractivity contribution in [1.29, 1.82) is 0 Å². The number of nitrogen functional groups attached to an aromatic ring is 1. The molecule has 0 amide bonds. The van der Waals surface area contributed by atoms with Crippen molar-refractivity contribution in [2.75, 3.05) is 12.8 Å². The first-order valence-corrected chi connectivity index (χ1v) is 5.86. The van der Waals surface area contributed by atoms with Crippen molar-refractivity contribution >= 4 is 11.7 Å². The Bertz CT molecular complexity index is 581. The second-order valence-corrected chi connectivity index (χ2v) is 4.07. The summed E-state index contributed by atoms with van der Waals surface area (Å²) in [5.74, 6) is 0.779. The van der Waals surface area contributed by atoms with Gasteiger partial charge in [-0.1, -0.05) is 18.2 Å². The predicted molar refractivity (Wildman–Crippen MR) is 73.2 cm³/mol. The van der Waals surface area contributed by atoms with Crippen LogP contribution in [0.25, 0.3) is 0 Å². The second kappa shape index (κ2) is 5.91. The molecule has 0 aliphatic rings. The van der Waals surface area contributed by atoms with Crippen LogP contribution in [-0.2, 0) is 11.2 Å². The van der Waals surface area contributed by atoms with E-state index < -0.39 is 0 Å². The SMILES string of the molecule is COc1cccc(OC(=O)Cc2cccc(N)c2)c1. The minimum atomic E-state index is -0.334. The standard InChI is InChI=1S/C15H15NO3/c1-18-13-6-3-7-14(10-13)19-15(17)9-11-4-2-5-12(16)8-11/h2-8,10H,9,16H2,1H3. The Hall–Kier alpha value is -2.49. The minimum absolute atomic E-state index is 0.183. The van der Waals surface area contributed by atoms with Crippen LogP contribution >= 0.6 is 0 Å². The molecule has 2 N–H and O–H groups in total. The molecule has 4 nitrogen and oxygen atoms in total. The van der Waals surface area contributed by atoms with Gasteiger partial charge in [0, 0.05) is 11.8 Å². The van der Waals surface area contributed by atoms with Gasteiger partial charge in [0.05, 0.1) is 13.5 Å². The lowest BCUT2D eigenvalue weighted by molar-refractivity contribution is -0.133. The molecule has 2 aromatic carbocycles. The van der Waals surface area contributed by atoms with E-state index in [1.54, 1.807) is 43.5 Å². The number of hydrogen-bond acceptors (Lipinski definition) is 4. The molecule has 4 heteroatoms. The summed E-state index contributed by atoms with van der Waals surface area (Å²) in [4.78, 5) is 11.8. The van der Waals surface area contributed by atoms with Gasteiger partial charge in [-0.2, -0.15) is 0 Å². The Morgan fingerprint density at radius 2 is 1.84 bits per heavy atom. The van der Waals surface area contributed by atoms with Crippen LogP contribution in [0.4, 0.5) is 5.69 Å². The van der Waals surface area contributed by atoms with Crippen molar-refractivity contribution in [2.24, 2.45) is 0 Å². The molecule has 98 valence electrons. The molecular formula is C15H15NO3. The highest BCUT2D eigenvalue weighted by Gasteiger charge is 2.07. The number of benzene rings is 2. The summed E-state index contributed by atoms with van der Waals surface area (Å²) in [6.45, 7) is 0. The normalized spacial score (nSPS) is 9.95. The number of anilines is 1. The zero-order chi connectivity index (χ0) is 13.7. The largest absolute Gasteiger partial charge is 0.497 e. The van der Waals surface area contributed by atoms with Crippen molar-refractivity contribution in [1.82, 2.24) is 0 Å². The number of carbonyl (C=O) groups excluding carboxylic acids is 1. The summed E-state index contributed by atoms with van der Waals surface area (Å²) in [5, 5.41) is 0. The number of ether oxygens (including phenoxy) is 2. The van der Waals surface area contributed by atoms with Gasteiger partial charge in [-0.25, -0.2) is 0 Å². The predicted octanol–water partition coefficient (Wildman–Crippen LogP) is 2.43. The average molecular weight is 257 g/mol. The van der Waals surface area contributed by atoms with Crippen LogP contribution in [-0.4, -0.2) is 13.1 Å². The number of nitrogens with two attached hydrogens (primary N) is 1. The van der Waals surface area contributed by atoms with E-state index in [1.807, 2.05) is 12.1 Å². The van der Waals surface area contributed by atoms with Crippen LogP contribution in [0.15, 0.2) is 48.5 Å². The Labute approximate surface area is 111 Å². The lowest BCUT2D eigenvalue weighted by Gasteiger charge is -2.06. The summed E-state index contributed by atoms with van der Waals surface area (Å²) in [7, 11) is 1.56. The van der Waals surface area contributed by atoms with Crippen LogP contribution in [0.3, 0.4) is 0 Å². The van der Waals surface area contributed by atoms with Gasteiger partial charge in [-0.3, -0.25) is 4.79 Å². The van der Waals surface area contributed by atoms with Crippen molar-refractivity contribution in [3.63, 3.8) is 0 Å². The van der Waals surface area contributed by atoms with E-state index in [9.17, 15) is 4.79 Å². The number of methoxy groups -OCH3 is 1. The Kier molecular flexibility index (Phi) is 4.03. The van der Waals surface area contributed by atoms with Crippen LogP contribution in [0.1, 0.15) is 5.56 Å². The first-order valence-electron chi connectivity index (χ1n) is 5.86. The van der Waals surface area contributed by atoms with Gasteiger partial charge in [0.2, 0.25) is 0 Å². The van der Waals surface area contributed by atoms with E-state index in [0.29, 0.717) is 17.2 Å². The molecule has 0 aliphatic heterocycles. The summed E-state index contributed by atoms with van der Waals surface area (Å²) in [6, 6.07) is 14.1. The first kappa shape index (κ1) is 13.0. The maximum Gasteiger partial charge on any atom is 0.315 e. The number of carbonyl (C=O) groups is 1. The first-order chi connectivity index (χ1) is 9.17. The monoisotopic (exact) mass is 257 g/mol. The van der Waals surface area contributed by atoms with Gasteiger partial charge < -0.3 is 15.2 Å². The smallest absolute Gasteiger partial charge is 0.315 e. The molecule has 2 rings (SSSR count). The van der Waals surface area contributed by atoms with Crippen LogP contribution < -0.4 is 15.2 Å². The highest BCUT2D eigenvalue weighted by molar-refractivity contribution is 5.75. The zero-order valence-electron chi connectivity index (χ0n) is 10.6. The molecule has 0 heterocycles. The van der Waals surface area contributed by atoms with Crippen molar-refractivity contribution in [2.45, 2.75) is 6.42 Å². The van der Waals surface area contributed by atoms with E-state index in [1.165, 1.54) is 0 Å². The third-order valence-corrected chi connectivity index (χ3v) is 2.57. The molecular weight excluding hydrogens is 242 g/mol.